The molecule has 4 rings (SSSR count). The third kappa shape index (κ3) is 2.47. The van der Waals surface area contributed by atoms with Crippen LogP contribution in [0.25, 0.3) is 11.3 Å². The molecule has 0 bridgehead atoms. The van der Waals surface area contributed by atoms with E-state index in [1.807, 2.05) is 6.07 Å². The summed E-state index contributed by atoms with van der Waals surface area (Å²) in [4.78, 5) is 36.8. The number of carbonyl (C=O) groups is 2. The van der Waals surface area contributed by atoms with Crippen LogP contribution >= 0.6 is 0 Å². The Kier molecular flexibility index (Phi) is 3.39. The van der Waals surface area contributed by atoms with Crippen molar-refractivity contribution in [3.05, 3.63) is 82.4 Å². The van der Waals surface area contributed by atoms with Crippen LogP contribution in [-0.2, 0) is 4.79 Å². The summed E-state index contributed by atoms with van der Waals surface area (Å²) >= 11 is 0. The summed E-state index contributed by atoms with van der Waals surface area (Å²) in [5.41, 5.74) is 0.996. The molecule has 1 amide bonds. The van der Waals surface area contributed by atoms with Crippen molar-refractivity contribution >= 4 is 23.0 Å². The normalized spacial score (nSPS) is 14.4. The molecule has 0 aliphatic carbocycles. The van der Waals surface area contributed by atoms with E-state index in [0.717, 1.165) is 6.08 Å². The first-order chi connectivity index (χ1) is 12.1. The number of aromatic nitrogens is 2. The van der Waals surface area contributed by atoms with Crippen LogP contribution in [0.1, 0.15) is 16.1 Å². The fourth-order valence-corrected chi connectivity index (χ4v) is 2.72. The fourth-order valence-electron chi connectivity index (χ4n) is 2.72. The second kappa shape index (κ2) is 5.72. The van der Waals surface area contributed by atoms with Gasteiger partial charge in [-0.15, -0.1) is 0 Å². The third-order valence-corrected chi connectivity index (χ3v) is 3.88. The molecule has 25 heavy (non-hydrogen) atoms. The van der Waals surface area contributed by atoms with Crippen molar-refractivity contribution in [1.82, 2.24) is 5.27 Å². The van der Waals surface area contributed by atoms with E-state index < -0.39 is 11.4 Å². The van der Waals surface area contributed by atoms with Crippen LogP contribution < -0.4 is 15.6 Å². The molecule has 0 radical (unpaired) electrons. The summed E-state index contributed by atoms with van der Waals surface area (Å²) in [6, 6.07) is 15.8. The van der Waals surface area contributed by atoms with Gasteiger partial charge in [-0.3, -0.25) is 14.1 Å². The van der Waals surface area contributed by atoms with E-state index in [9.17, 15) is 14.4 Å². The summed E-state index contributed by atoms with van der Waals surface area (Å²) in [6.07, 6.45) is 1.15. The molecule has 1 aliphatic heterocycles. The molecule has 1 aliphatic rings. The molecule has 0 saturated carbocycles. The van der Waals surface area contributed by atoms with Crippen molar-refractivity contribution < 1.29 is 18.8 Å². The average molecular weight is 334 g/mol. The molecule has 0 saturated heterocycles. The number of para-hydroxylation sites is 2. The quantitative estimate of drug-likeness (QED) is 0.431. The lowest BCUT2D eigenvalue weighted by Gasteiger charge is -1.95. The minimum Gasteiger partial charge on any atom is -0.321 e. The van der Waals surface area contributed by atoms with E-state index in [-0.39, 0.29) is 17.2 Å². The lowest BCUT2D eigenvalue weighted by Crippen LogP contribution is -2.40. The van der Waals surface area contributed by atoms with Crippen LogP contribution in [0, 0.1) is 0 Å². The number of benzene rings is 2. The summed E-state index contributed by atoms with van der Waals surface area (Å²) in [6.45, 7) is 0. The van der Waals surface area contributed by atoms with Gasteiger partial charge in [0.2, 0.25) is 5.69 Å². The number of aromatic amines is 1. The lowest BCUT2D eigenvalue weighted by atomic mass is 10.1. The number of carbonyl (C=O) groups excluding carboxylic acids is 2. The number of nitrogens with one attached hydrogen (secondary N) is 2. The van der Waals surface area contributed by atoms with Gasteiger partial charge in [0, 0.05) is 29.5 Å². The Morgan fingerprint density at radius 3 is 2.52 bits per heavy atom. The van der Waals surface area contributed by atoms with Crippen molar-refractivity contribution in [2.45, 2.75) is 0 Å². The van der Waals surface area contributed by atoms with E-state index in [0.29, 0.717) is 16.9 Å². The Hall–Kier alpha value is -3.74. The van der Waals surface area contributed by atoms with Crippen LogP contribution in [-0.4, -0.2) is 17.0 Å². The van der Waals surface area contributed by atoms with Gasteiger partial charge < -0.3 is 5.32 Å². The van der Waals surface area contributed by atoms with Gasteiger partial charge in [0.1, 0.15) is 0 Å². The highest BCUT2D eigenvalue weighted by molar-refractivity contribution is 6.34. The third-order valence-electron chi connectivity index (χ3n) is 3.88. The minimum absolute atomic E-state index is 0.209. The maximum atomic E-state index is 12.7. The number of rotatable bonds is 3. The maximum Gasteiger partial charge on any atom is 0.439 e. The zero-order chi connectivity index (χ0) is 17.4. The van der Waals surface area contributed by atoms with Crippen LogP contribution in [0.15, 0.2) is 70.0 Å². The number of nitrogens with zero attached hydrogens (tertiary/aromatic N) is 1. The first-order valence-electron chi connectivity index (χ1n) is 7.51. The van der Waals surface area contributed by atoms with E-state index in [2.05, 4.69) is 10.6 Å². The van der Waals surface area contributed by atoms with E-state index >= 15 is 0 Å². The molecular weight excluding hydrogens is 322 g/mol. The number of fused-ring (bicyclic) bond motifs is 1. The molecule has 7 nitrogen and oxygen atoms in total. The molecule has 1 aromatic heterocycles. The van der Waals surface area contributed by atoms with Crippen LogP contribution in [0.4, 0.5) is 5.69 Å². The van der Waals surface area contributed by atoms with Gasteiger partial charge in [0.15, 0.2) is 0 Å². The summed E-state index contributed by atoms with van der Waals surface area (Å²) < 4.78 is 6.01. The largest absolute Gasteiger partial charge is 0.439 e. The molecule has 7 heteroatoms. The predicted molar refractivity (Wildman–Crippen MR) is 88.2 cm³/mol. The Labute approximate surface area is 141 Å². The van der Waals surface area contributed by atoms with Crippen molar-refractivity contribution in [2.75, 3.05) is 5.32 Å². The van der Waals surface area contributed by atoms with Gasteiger partial charge in [-0.2, -0.15) is 0 Å². The van der Waals surface area contributed by atoms with Gasteiger partial charge in [-0.25, -0.2) is 4.79 Å². The first-order valence-corrected chi connectivity index (χ1v) is 7.51. The standard InChI is InChI=1S/C18H11N3O4/c22-15(10-13-12-8-4-5-9-14(12)19-17(13)23)16-18(24)25-20-21(16)11-6-2-1-3-7-11/h1-10H,(H-,19,20,22,23,24)/p+1. The molecule has 2 aromatic carbocycles. The fraction of sp³-hybridized carbons (Fsp3) is 0. The molecule has 2 heterocycles. The number of amides is 1. The predicted octanol–water partition coefficient (Wildman–Crippen LogP) is 1.46. The molecule has 0 atom stereocenters. The zero-order valence-corrected chi connectivity index (χ0v) is 12.9. The number of hydrogen-bond donors (Lipinski definition) is 2. The number of allylic oxidation sites excluding steroid dienone is 1. The van der Waals surface area contributed by atoms with Gasteiger partial charge in [-0.1, -0.05) is 36.4 Å². The second-order valence-corrected chi connectivity index (χ2v) is 5.42. The van der Waals surface area contributed by atoms with Crippen LogP contribution in [0.3, 0.4) is 0 Å². The van der Waals surface area contributed by atoms with Crippen molar-refractivity contribution in [3.8, 4) is 5.69 Å². The van der Waals surface area contributed by atoms with Crippen LogP contribution in [0.5, 0.6) is 0 Å². The number of hydrogen-bond acceptors (Lipinski definition) is 4. The summed E-state index contributed by atoms with van der Waals surface area (Å²) in [5.74, 6) is -1.01. The van der Waals surface area contributed by atoms with Gasteiger partial charge in [0.05, 0.1) is 5.57 Å². The monoisotopic (exact) mass is 334 g/mol. The van der Waals surface area contributed by atoms with Crippen molar-refractivity contribution in [3.63, 3.8) is 0 Å². The number of H-pyrrole nitrogens is 1. The lowest BCUT2D eigenvalue weighted by molar-refractivity contribution is -0.672. The Morgan fingerprint density at radius 2 is 1.72 bits per heavy atom. The molecular formula is C18H12N3O4+. The van der Waals surface area contributed by atoms with E-state index in [1.54, 1.807) is 48.5 Å². The van der Waals surface area contributed by atoms with Gasteiger partial charge in [0.25, 0.3) is 11.7 Å². The number of anilines is 1. The SMILES string of the molecule is O=C1Nc2ccccc2/C1=C\C(=O)c1c(=O)o[nH][n+]1-c1ccccc1. The highest BCUT2D eigenvalue weighted by atomic mass is 16.5. The highest BCUT2D eigenvalue weighted by Crippen LogP contribution is 2.31. The van der Waals surface area contributed by atoms with E-state index in [1.165, 1.54) is 4.68 Å². The molecule has 2 N–H and O–H groups in total. The molecule has 0 fully saturated rings. The van der Waals surface area contributed by atoms with Gasteiger partial charge >= 0.3 is 11.3 Å². The highest BCUT2D eigenvalue weighted by Gasteiger charge is 2.32. The second-order valence-electron chi connectivity index (χ2n) is 5.42. The van der Waals surface area contributed by atoms with Gasteiger partial charge in [-0.05, 0) is 16.0 Å². The first kappa shape index (κ1) is 14.8. The maximum absolute atomic E-state index is 12.7. The minimum atomic E-state index is -0.808. The smallest absolute Gasteiger partial charge is 0.321 e. The molecule has 122 valence electrons. The molecule has 3 aromatic rings. The van der Waals surface area contributed by atoms with Crippen molar-refractivity contribution in [1.29, 1.82) is 0 Å². The average Bonchev–Trinajstić information content (AvgIpc) is 3.16. The Morgan fingerprint density at radius 1 is 1.00 bits per heavy atom. The molecule has 0 spiro atoms. The summed E-state index contributed by atoms with van der Waals surface area (Å²) in [5, 5.41) is 5.09. The summed E-state index contributed by atoms with van der Waals surface area (Å²) in [7, 11) is 0. The Balaban J connectivity index is 1.80. The zero-order valence-electron chi connectivity index (χ0n) is 12.9. The van der Waals surface area contributed by atoms with Crippen molar-refractivity contribution in [2.24, 2.45) is 0 Å². The van der Waals surface area contributed by atoms with Crippen LogP contribution in [0.2, 0.25) is 0 Å². The Bertz CT molecular complexity index is 1080. The number of ketones is 1. The topological polar surface area (TPSA) is 96.0 Å². The molecule has 0 unspecified atom stereocenters. The van der Waals surface area contributed by atoms with E-state index in [4.69, 9.17) is 4.52 Å².